The standard InChI is InChI=1S/C13H16N2O2/c1-15-12(16)10-4-2-3-5-11(10)14-13(15)6-8-17-9-7-13/h2-5,14H,6-9H2,1H3. The molecule has 0 bridgehead atoms. The van der Waals surface area contributed by atoms with Gasteiger partial charge < -0.3 is 15.0 Å². The zero-order valence-corrected chi connectivity index (χ0v) is 9.90. The Morgan fingerprint density at radius 3 is 2.76 bits per heavy atom. The first-order valence-electron chi connectivity index (χ1n) is 5.96. The van der Waals surface area contributed by atoms with Crippen LogP contribution in [0.15, 0.2) is 24.3 Å². The van der Waals surface area contributed by atoms with Crippen LogP contribution >= 0.6 is 0 Å². The Morgan fingerprint density at radius 2 is 2.00 bits per heavy atom. The molecule has 1 spiro atoms. The lowest BCUT2D eigenvalue weighted by molar-refractivity contribution is -0.00110. The van der Waals surface area contributed by atoms with Crippen molar-refractivity contribution >= 4 is 11.6 Å². The molecule has 17 heavy (non-hydrogen) atoms. The third-order valence-corrected chi connectivity index (χ3v) is 3.79. The Kier molecular flexibility index (Phi) is 2.33. The number of nitrogens with one attached hydrogen (secondary N) is 1. The number of anilines is 1. The van der Waals surface area contributed by atoms with E-state index in [1.165, 1.54) is 0 Å². The maximum absolute atomic E-state index is 12.3. The summed E-state index contributed by atoms with van der Waals surface area (Å²) < 4.78 is 5.39. The van der Waals surface area contributed by atoms with Gasteiger partial charge in [0.05, 0.1) is 18.8 Å². The predicted octanol–water partition coefficient (Wildman–Crippen LogP) is 1.69. The van der Waals surface area contributed by atoms with Crippen molar-refractivity contribution in [3.63, 3.8) is 0 Å². The number of ether oxygens (including phenoxy) is 1. The lowest BCUT2D eigenvalue weighted by atomic mass is 9.93. The molecular formula is C13H16N2O2. The Labute approximate surface area is 101 Å². The first-order valence-corrected chi connectivity index (χ1v) is 5.96. The summed E-state index contributed by atoms with van der Waals surface area (Å²) in [6.45, 7) is 1.40. The van der Waals surface area contributed by atoms with E-state index in [1.807, 2.05) is 36.2 Å². The molecule has 0 aromatic heterocycles. The molecule has 1 saturated heterocycles. The number of nitrogens with zero attached hydrogens (tertiary/aromatic N) is 1. The average molecular weight is 232 g/mol. The minimum atomic E-state index is -0.260. The number of rotatable bonds is 0. The molecule has 0 saturated carbocycles. The molecular weight excluding hydrogens is 216 g/mol. The first-order chi connectivity index (χ1) is 8.23. The van der Waals surface area contributed by atoms with E-state index in [0.29, 0.717) is 13.2 Å². The van der Waals surface area contributed by atoms with Crippen LogP contribution in [-0.4, -0.2) is 36.7 Å². The van der Waals surface area contributed by atoms with Gasteiger partial charge in [-0.15, -0.1) is 0 Å². The molecule has 0 unspecified atom stereocenters. The molecule has 90 valence electrons. The Bertz CT molecular complexity index is 452. The van der Waals surface area contributed by atoms with E-state index in [0.717, 1.165) is 24.1 Å². The number of para-hydroxylation sites is 1. The van der Waals surface area contributed by atoms with Gasteiger partial charge in [-0.25, -0.2) is 0 Å². The summed E-state index contributed by atoms with van der Waals surface area (Å²) in [4.78, 5) is 14.2. The normalized spacial score (nSPS) is 22.2. The van der Waals surface area contributed by atoms with E-state index < -0.39 is 0 Å². The fraction of sp³-hybridized carbons (Fsp3) is 0.462. The Morgan fingerprint density at radius 1 is 1.29 bits per heavy atom. The van der Waals surface area contributed by atoms with Gasteiger partial charge in [0.15, 0.2) is 0 Å². The van der Waals surface area contributed by atoms with Gasteiger partial charge in [-0.3, -0.25) is 4.79 Å². The molecule has 3 rings (SSSR count). The molecule has 1 aromatic rings. The molecule has 1 aromatic carbocycles. The number of carbonyl (C=O) groups is 1. The largest absolute Gasteiger partial charge is 0.381 e. The van der Waals surface area contributed by atoms with Crippen LogP contribution in [0.3, 0.4) is 0 Å². The van der Waals surface area contributed by atoms with Gasteiger partial charge in [0.1, 0.15) is 5.66 Å². The third-order valence-electron chi connectivity index (χ3n) is 3.79. The number of hydrogen-bond donors (Lipinski definition) is 1. The second kappa shape index (κ2) is 3.74. The highest BCUT2D eigenvalue weighted by molar-refractivity contribution is 6.02. The van der Waals surface area contributed by atoms with E-state index in [4.69, 9.17) is 4.74 Å². The van der Waals surface area contributed by atoms with Crippen LogP contribution in [0.1, 0.15) is 23.2 Å². The molecule has 0 radical (unpaired) electrons. The molecule has 0 atom stereocenters. The van der Waals surface area contributed by atoms with Crippen LogP contribution in [0, 0.1) is 0 Å². The molecule has 4 nitrogen and oxygen atoms in total. The lowest BCUT2D eigenvalue weighted by Crippen LogP contribution is -2.60. The van der Waals surface area contributed by atoms with Crippen molar-refractivity contribution in [1.29, 1.82) is 0 Å². The SMILES string of the molecule is CN1C(=O)c2ccccc2NC12CCOCC2. The van der Waals surface area contributed by atoms with Crippen LogP contribution in [-0.2, 0) is 4.74 Å². The minimum absolute atomic E-state index is 0.0984. The van der Waals surface area contributed by atoms with Crippen molar-refractivity contribution in [3.8, 4) is 0 Å². The van der Waals surface area contributed by atoms with Crippen LogP contribution in [0.4, 0.5) is 5.69 Å². The molecule has 2 heterocycles. The van der Waals surface area contributed by atoms with E-state index in [2.05, 4.69) is 5.32 Å². The summed E-state index contributed by atoms with van der Waals surface area (Å²) in [5, 5.41) is 3.52. The summed E-state index contributed by atoms with van der Waals surface area (Å²) in [5.74, 6) is 0.0984. The van der Waals surface area contributed by atoms with Gasteiger partial charge in [0.25, 0.3) is 5.91 Å². The van der Waals surface area contributed by atoms with Gasteiger partial charge in [0, 0.05) is 25.6 Å². The maximum atomic E-state index is 12.3. The van der Waals surface area contributed by atoms with Gasteiger partial charge in [-0.1, -0.05) is 12.1 Å². The number of amides is 1. The van der Waals surface area contributed by atoms with Crippen LogP contribution in [0.2, 0.25) is 0 Å². The van der Waals surface area contributed by atoms with Gasteiger partial charge in [-0.2, -0.15) is 0 Å². The van der Waals surface area contributed by atoms with Crippen molar-refractivity contribution in [2.24, 2.45) is 0 Å². The van der Waals surface area contributed by atoms with Crippen LogP contribution in [0.25, 0.3) is 0 Å². The number of hydrogen-bond acceptors (Lipinski definition) is 3. The van der Waals surface area contributed by atoms with Gasteiger partial charge in [-0.05, 0) is 12.1 Å². The zero-order valence-electron chi connectivity index (χ0n) is 9.90. The van der Waals surface area contributed by atoms with Gasteiger partial charge >= 0.3 is 0 Å². The Balaban J connectivity index is 2.03. The molecule has 1 N–H and O–H groups in total. The number of carbonyl (C=O) groups excluding carboxylic acids is 1. The molecule has 2 aliphatic rings. The molecule has 0 aliphatic carbocycles. The van der Waals surface area contributed by atoms with Crippen molar-refractivity contribution in [3.05, 3.63) is 29.8 Å². The summed E-state index contributed by atoms with van der Waals surface area (Å²) in [7, 11) is 1.87. The van der Waals surface area contributed by atoms with Gasteiger partial charge in [0.2, 0.25) is 0 Å². The predicted molar refractivity (Wildman–Crippen MR) is 64.9 cm³/mol. The highest BCUT2D eigenvalue weighted by Crippen LogP contribution is 2.35. The summed E-state index contributed by atoms with van der Waals surface area (Å²) in [6.07, 6.45) is 1.67. The van der Waals surface area contributed by atoms with Crippen molar-refractivity contribution in [2.45, 2.75) is 18.5 Å². The van der Waals surface area contributed by atoms with Crippen LogP contribution in [0.5, 0.6) is 0 Å². The topological polar surface area (TPSA) is 41.6 Å². The zero-order chi connectivity index (χ0) is 11.9. The number of fused-ring (bicyclic) bond motifs is 1. The second-order valence-electron chi connectivity index (χ2n) is 4.68. The highest BCUT2D eigenvalue weighted by Gasteiger charge is 2.43. The lowest BCUT2D eigenvalue weighted by Gasteiger charge is -2.48. The van der Waals surface area contributed by atoms with Crippen molar-refractivity contribution in [2.75, 3.05) is 25.6 Å². The summed E-state index contributed by atoms with van der Waals surface area (Å²) in [6, 6.07) is 7.69. The minimum Gasteiger partial charge on any atom is -0.381 e. The smallest absolute Gasteiger partial charge is 0.257 e. The molecule has 1 fully saturated rings. The molecule has 4 heteroatoms. The van der Waals surface area contributed by atoms with E-state index in [9.17, 15) is 4.79 Å². The fourth-order valence-corrected chi connectivity index (χ4v) is 2.66. The summed E-state index contributed by atoms with van der Waals surface area (Å²) in [5.41, 5.74) is 1.44. The maximum Gasteiger partial charge on any atom is 0.257 e. The first kappa shape index (κ1) is 10.6. The molecule has 1 amide bonds. The van der Waals surface area contributed by atoms with E-state index in [-0.39, 0.29) is 11.6 Å². The summed E-state index contributed by atoms with van der Waals surface area (Å²) >= 11 is 0. The third kappa shape index (κ3) is 1.52. The number of benzene rings is 1. The van der Waals surface area contributed by atoms with Crippen molar-refractivity contribution < 1.29 is 9.53 Å². The Hall–Kier alpha value is -1.55. The van der Waals surface area contributed by atoms with E-state index >= 15 is 0 Å². The monoisotopic (exact) mass is 232 g/mol. The van der Waals surface area contributed by atoms with E-state index in [1.54, 1.807) is 0 Å². The van der Waals surface area contributed by atoms with Crippen molar-refractivity contribution in [1.82, 2.24) is 4.90 Å². The fourth-order valence-electron chi connectivity index (χ4n) is 2.66. The molecule has 2 aliphatic heterocycles. The van der Waals surface area contributed by atoms with Crippen LogP contribution < -0.4 is 5.32 Å². The second-order valence-corrected chi connectivity index (χ2v) is 4.68. The quantitative estimate of drug-likeness (QED) is 0.740. The average Bonchev–Trinajstić information content (AvgIpc) is 2.37. The highest BCUT2D eigenvalue weighted by atomic mass is 16.5.